The van der Waals surface area contributed by atoms with Gasteiger partial charge in [-0.2, -0.15) is 18.4 Å². The van der Waals surface area contributed by atoms with E-state index in [1.807, 2.05) is 4.90 Å². The highest BCUT2D eigenvalue weighted by Gasteiger charge is 2.34. The van der Waals surface area contributed by atoms with Gasteiger partial charge in [0, 0.05) is 26.2 Å². The molecule has 10 heteroatoms. The SMILES string of the molecule is N#Cc1cc2c(cc1C(F)(F)F)nc(N1CCNCC1)c1nncn12. The first-order valence-electron chi connectivity index (χ1n) is 7.59. The predicted octanol–water partition coefficient (Wildman–Crippen LogP) is 1.58. The smallest absolute Gasteiger partial charge is 0.351 e. The van der Waals surface area contributed by atoms with Gasteiger partial charge in [-0.1, -0.05) is 0 Å². The van der Waals surface area contributed by atoms with Crippen molar-refractivity contribution in [2.45, 2.75) is 6.18 Å². The van der Waals surface area contributed by atoms with Gasteiger partial charge in [-0.05, 0) is 12.1 Å². The Kier molecular flexibility index (Phi) is 3.47. The minimum atomic E-state index is -4.63. The molecule has 25 heavy (non-hydrogen) atoms. The highest BCUT2D eigenvalue weighted by atomic mass is 19.4. The molecule has 7 nitrogen and oxygen atoms in total. The zero-order valence-electron chi connectivity index (χ0n) is 12.9. The van der Waals surface area contributed by atoms with Crippen LogP contribution in [0.3, 0.4) is 0 Å². The number of alkyl halides is 3. The van der Waals surface area contributed by atoms with E-state index < -0.39 is 17.3 Å². The lowest BCUT2D eigenvalue weighted by molar-refractivity contribution is -0.137. The molecule has 2 aromatic heterocycles. The number of nitrogens with zero attached hydrogens (tertiary/aromatic N) is 6. The molecule has 0 amide bonds. The highest BCUT2D eigenvalue weighted by Crippen LogP contribution is 2.35. The second kappa shape index (κ2) is 5.56. The predicted molar refractivity (Wildman–Crippen MR) is 83.1 cm³/mol. The van der Waals surface area contributed by atoms with Crippen LogP contribution in [0.4, 0.5) is 19.0 Å². The van der Waals surface area contributed by atoms with Gasteiger partial charge in [0.2, 0.25) is 5.65 Å². The maximum atomic E-state index is 13.2. The number of aromatic nitrogens is 4. The van der Waals surface area contributed by atoms with Gasteiger partial charge in [0.05, 0.1) is 28.2 Å². The molecule has 0 unspecified atom stereocenters. The lowest BCUT2D eigenvalue weighted by atomic mass is 10.1. The molecule has 128 valence electrons. The average Bonchev–Trinajstić information content (AvgIpc) is 3.10. The summed E-state index contributed by atoms with van der Waals surface area (Å²) in [6.07, 6.45) is -3.21. The van der Waals surface area contributed by atoms with E-state index in [1.54, 1.807) is 10.5 Å². The minimum absolute atomic E-state index is 0.146. The Hall–Kier alpha value is -2.93. The largest absolute Gasteiger partial charge is 0.417 e. The molecule has 0 spiro atoms. The summed E-state index contributed by atoms with van der Waals surface area (Å²) >= 11 is 0. The number of fused-ring (bicyclic) bond motifs is 3. The second-order valence-corrected chi connectivity index (χ2v) is 5.69. The summed E-state index contributed by atoms with van der Waals surface area (Å²) in [5.74, 6) is 0.490. The van der Waals surface area contributed by atoms with Crippen molar-refractivity contribution in [2.24, 2.45) is 0 Å². The lowest BCUT2D eigenvalue weighted by Crippen LogP contribution is -2.44. The normalized spacial score (nSPS) is 15.7. The van der Waals surface area contributed by atoms with Crippen LogP contribution in [-0.4, -0.2) is 45.8 Å². The molecule has 1 aromatic carbocycles. The Morgan fingerprint density at radius 1 is 1.20 bits per heavy atom. The maximum Gasteiger partial charge on any atom is 0.417 e. The van der Waals surface area contributed by atoms with E-state index in [2.05, 4.69) is 20.5 Å². The molecule has 3 heterocycles. The Balaban J connectivity index is 2.01. The van der Waals surface area contributed by atoms with E-state index in [0.29, 0.717) is 30.1 Å². The third-order valence-electron chi connectivity index (χ3n) is 4.19. The Bertz CT molecular complexity index is 996. The van der Waals surface area contributed by atoms with Crippen molar-refractivity contribution in [3.63, 3.8) is 0 Å². The van der Waals surface area contributed by atoms with E-state index in [4.69, 9.17) is 5.26 Å². The van der Waals surface area contributed by atoms with E-state index in [1.165, 1.54) is 12.4 Å². The number of benzene rings is 1. The molecular weight excluding hydrogens is 335 g/mol. The number of rotatable bonds is 1. The summed E-state index contributed by atoms with van der Waals surface area (Å²) in [7, 11) is 0. The van der Waals surface area contributed by atoms with Gasteiger partial charge in [0.15, 0.2) is 5.82 Å². The third kappa shape index (κ3) is 2.53. The molecule has 4 rings (SSSR count). The van der Waals surface area contributed by atoms with E-state index >= 15 is 0 Å². The first-order valence-corrected chi connectivity index (χ1v) is 7.59. The molecule has 1 saturated heterocycles. The first-order chi connectivity index (χ1) is 12.0. The fourth-order valence-corrected chi connectivity index (χ4v) is 3.00. The summed E-state index contributed by atoms with van der Waals surface area (Å²) in [6.45, 7) is 2.84. The Morgan fingerprint density at radius 2 is 1.96 bits per heavy atom. The van der Waals surface area contributed by atoms with Gasteiger partial charge in [-0.3, -0.25) is 4.40 Å². The van der Waals surface area contributed by atoms with Crippen LogP contribution in [0.2, 0.25) is 0 Å². The van der Waals surface area contributed by atoms with Crippen LogP contribution < -0.4 is 10.2 Å². The summed E-state index contributed by atoms with van der Waals surface area (Å²) in [5, 5.41) is 20.2. The van der Waals surface area contributed by atoms with Gasteiger partial charge in [0.1, 0.15) is 6.33 Å². The standard InChI is InChI=1S/C15H12F3N7/c16-15(17,18)10-6-11-12(5-9(10)7-19)25-8-21-23-14(25)13(22-11)24-3-1-20-2-4-24/h5-6,8,20H,1-4H2. The number of hydrogen-bond donors (Lipinski definition) is 1. The molecule has 1 fully saturated rings. The van der Waals surface area contributed by atoms with Gasteiger partial charge in [-0.15, -0.1) is 10.2 Å². The summed E-state index contributed by atoms with van der Waals surface area (Å²) in [6, 6.07) is 3.71. The molecule has 0 aliphatic carbocycles. The molecule has 0 radical (unpaired) electrons. The van der Waals surface area contributed by atoms with Crippen LogP contribution in [0.1, 0.15) is 11.1 Å². The van der Waals surface area contributed by atoms with Gasteiger partial charge in [0.25, 0.3) is 0 Å². The molecule has 1 N–H and O–H groups in total. The molecular formula is C15H12F3N7. The molecule has 0 saturated carbocycles. The molecule has 1 aliphatic heterocycles. The van der Waals surface area contributed by atoms with Crippen LogP contribution in [-0.2, 0) is 6.18 Å². The maximum absolute atomic E-state index is 13.2. The summed E-state index contributed by atoms with van der Waals surface area (Å²) in [5.41, 5.74) is -0.478. The molecule has 0 atom stereocenters. The van der Waals surface area contributed by atoms with Crippen LogP contribution in [0.25, 0.3) is 16.7 Å². The van der Waals surface area contributed by atoms with E-state index in [9.17, 15) is 13.2 Å². The van der Waals surface area contributed by atoms with Crippen molar-refractivity contribution in [1.29, 1.82) is 5.26 Å². The highest BCUT2D eigenvalue weighted by molar-refractivity contribution is 5.85. The quantitative estimate of drug-likeness (QED) is 0.720. The number of halogens is 3. The van der Waals surface area contributed by atoms with Gasteiger partial charge in [-0.25, -0.2) is 4.98 Å². The van der Waals surface area contributed by atoms with Crippen LogP contribution in [0.15, 0.2) is 18.5 Å². The number of anilines is 1. The monoisotopic (exact) mass is 347 g/mol. The van der Waals surface area contributed by atoms with Crippen LogP contribution in [0, 0.1) is 11.3 Å². The fraction of sp³-hybridized carbons (Fsp3) is 0.333. The van der Waals surface area contributed by atoms with Crippen molar-refractivity contribution in [1.82, 2.24) is 24.9 Å². The van der Waals surface area contributed by atoms with E-state index in [0.717, 1.165) is 19.2 Å². The average molecular weight is 347 g/mol. The number of piperazine rings is 1. The Morgan fingerprint density at radius 3 is 2.64 bits per heavy atom. The summed E-state index contributed by atoms with van der Waals surface area (Å²) in [4.78, 5) is 6.38. The molecule has 1 aliphatic rings. The number of nitrogens with one attached hydrogen (secondary N) is 1. The van der Waals surface area contributed by atoms with Gasteiger partial charge < -0.3 is 10.2 Å². The van der Waals surface area contributed by atoms with Crippen molar-refractivity contribution in [2.75, 3.05) is 31.1 Å². The van der Waals surface area contributed by atoms with E-state index in [-0.39, 0.29) is 5.52 Å². The second-order valence-electron chi connectivity index (χ2n) is 5.69. The Labute approximate surface area is 139 Å². The lowest BCUT2D eigenvalue weighted by Gasteiger charge is -2.28. The van der Waals surface area contributed by atoms with Crippen LogP contribution in [0.5, 0.6) is 0 Å². The van der Waals surface area contributed by atoms with Crippen molar-refractivity contribution >= 4 is 22.5 Å². The first kappa shape index (κ1) is 15.6. The molecule has 3 aromatic rings. The summed E-state index contributed by atoms with van der Waals surface area (Å²) < 4.78 is 41.3. The zero-order valence-corrected chi connectivity index (χ0v) is 12.9. The van der Waals surface area contributed by atoms with Crippen molar-refractivity contribution < 1.29 is 13.2 Å². The van der Waals surface area contributed by atoms with Crippen molar-refractivity contribution in [3.05, 3.63) is 29.6 Å². The van der Waals surface area contributed by atoms with Crippen molar-refractivity contribution in [3.8, 4) is 6.07 Å². The van der Waals surface area contributed by atoms with Crippen LogP contribution >= 0.6 is 0 Å². The minimum Gasteiger partial charge on any atom is -0.351 e. The number of nitriles is 1. The zero-order chi connectivity index (χ0) is 17.6. The van der Waals surface area contributed by atoms with Gasteiger partial charge >= 0.3 is 6.18 Å². The fourth-order valence-electron chi connectivity index (χ4n) is 3.00. The number of hydrogen-bond acceptors (Lipinski definition) is 6. The molecule has 0 bridgehead atoms. The third-order valence-corrected chi connectivity index (χ3v) is 4.19. The topological polar surface area (TPSA) is 82.1 Å².